The van der Waals surface area contributed by atoms with Gasteiger partial charge in [-0.1, -0.05) is 0 Å². The van der Waals surface area contributed by atoms with Gasteiger partial charge in [-0.2, -0.15) is 0 Å². The second-order valence-electron chi connectivity index (χ2n) is 6.30. The van der Waals surface area contributed by atoms with E-state index in [1.165, 1.54) is 6.92 Å². The molecule has 0 aliphatic heterocycles. The minimum absolute atomic E-state index is 0.0177. The number of rotatable bonds is 15. The topological polar surface area (TPSA) is 192 Å². The van der Waals surface area contributed by atoms with Crippen molar-refractivity contribution in [2.75, 3.05) is 37.8 Å². The zero-order valence-electron chi connectivity index (χ0n) is 16.2. The smallest absolute Gasteiger partial charge is 0.325 e. The van der Waals surface area contributed by atoms with E-state index in [4.69, 9.17) is 29.1 Å². The van der Waals surface area contributed by atoms with Crippen LogP contribution in [0.4, 0.5) is 5.69 Å². The Morgan fingerprint density at radius 3 is 2.34 bits per heavy atom. The summed E-state index contributed by atoms with van der Waals surface area (Å²) < 4.78 is 26.8. The monoisotopic (exact) mass is 441 g/mol. The van der Waals surface area contributed by atoms with Crippen molar-refractivity contribution in [1.29, 1.82) is 0 Å². The first-order chi connectivity index (χ1) is 13.5. The highest BCUT2D eigenvalue weighted by Gasteiger charge is 2.29. The molecule has 0 saturated carbocycles. The Morgan fingerprint density at radius 2 is 1.83 bits per heavy atom. The average Bonchev–Trinajstić information content (AvgIpc) is 2.66. The number of aliphatic hydroxyl groups is 3. The van der Waals surface area contributed by atoms with E-state index < -0.39 is 55.8 Å². The number of anilines is 1. The quantitative estimate of drug-likeness (QED) is 0.0769. The minimum atomic E-state index is -4.32. The number of nitrogens with one attached hydrogen (secondary N) is 1. The highest BCUT2D eigenvalue weighted by Crippen LogP contribution is 2.36. The van der Waals surface area contributed by atoms with E-state index in [1.54, 1.807) is 6.92 Å². The van der Waals surface area contributed by atoms with Gasteiger partial charge in [0.1, 0.15) is 11.8 Å². The molecule has 1 aromatic carbocycles. The molecule has 0 aromatic heterocycles. The molecule has 29 heavy (non-hydrogen) atoms. The zero-order chi connectivity index (χ0) is 22.2. The van der Waals surface area contributed by atoms with Gasteiger partial charge in [0, 0.05) is 6.54 Å². The first kappa shape index (κ1) is 25.7. The van der Waals surface area contributed by atoms with E-state index >= 15 is 0 Å². The number of aliphatic hydroxyl groups excluding tert-OH is 3. The van der Waals surface area contributed by atoms with Gasteiger partial charge in [-0.3, -0.25) is 14.2 Å². The molecule has 6 N–H and O–H groups in total. The summed E-state index contributed by atoms with van der Waals surface area (Å²) in [6, 6.07) is 0. The van der Waals surface area contributed by atoms with Gasteiger partial charge < -0.3 is 44.6 Å². The van der Waals surface area contributed by atoms with Gasteiger partial charge in [0.15, 0.2) is 12.0 Å². The SMILES string of the molecule is CCOc1c(NCCO[C@@H](OC(CCP(=O)(O)O)[C@H](C)O)[C@H](O)CO)c(=O)c1=O. The Balaban J connectivity index is 2.63. The summed E-state index contributed by atoms with van der Waals surface area (Å²) in [5.74, 6) is -0.0627. The Bertz CT molecular complexity index is 740. The lowest BCUT2D eigenvalue weighted by atomic mass is 10.2. The molecule has 12 nitrogen and oxygen atoms in total. The Kier molecular flexibility index (Phi) is 10.4. The highest BCUT2D eigenvalue weighted by atomic mass is 31.2. The number of hydrogen-bond acceptors (Lipinski definition) is 10. The van der Waals surface area contributed by atoms with Crippen molar-refractivity contribution >= 4 is 13.3 Å². The van der Waals surface area contributed by atoms with Crippen molar-refractivity contribution in [2.24, 2.45) is 0 Å². The van der Waals surface area contributed by atoms with Gasteiger partial charge >= 0.3 is 7.60 Å². The van der Waals surface area contributed by atoms with Crippen LogP contribution in [0.2, 0.25) is 0 Å². The maximum absolute atomic E-state index is 11.5. The normalized spacial score (nSPS) is 16.4. The summed E-state index contributed by atoms with van der Waals surface area (Å²) in [6.45, 7) is 2.39. The van der Waals surface area contributed by atoms with E-state index in [1.807, 2.05) is 0 Å². The number of ether oxygens (including phenoxy) is 3. The summed E-state index contributed by atoms with van der Waals surface area (Å²) in [7, 11) is -4.32. The molecule has 1 rings (SSSR count). The summed E-state index contributed by atoms with van der Waals surface area (Å²) >= 11 is 0. The predicted molar refractivity (Wildman–Crippen MR) is 102 cm³/mol. The fourth-order valence-corrected chi connectivity index (χ4v) is 2.97. The molecule has 4 atom stereocenters. The molecule has 0 radical (unpaired) electrons. The Morgan fingerprint density at radius 1 is 1.17 bits per heavy atom. The molecule has 0 aliphatic carbocycles. The third-order valence-electron chi connectivity index (χ3n) is 3.89. The lowest BCUT2D eigenvalue weighted by Crippen LogP contribution is -2.42. The fraction of sp³-hybridized carbons (Fsp3) is 0.750. The molecule has 1 aromatic rings. The molecule has 0 spiro atoms. The van der Waals surface area contributed by atoms with Crippen LogP contribution in [0.15, 0.2) is 9.59 Å². The molecule has 0 aliphatic rings. The predicted octanol–water partition coefficient (Wildman–Crippen LogP) is -1.88. The number of hydrogen-bond donors (Lipinski definition) is 6. The van der Waals surface area contributed by atoms with Crippen LogP contribution in [0.1, 0.15) is 20.3 Å². The van der Waals surface area contributed by atoms with Gasteiger partial charge in [-0.15, -0.1) is 0 Å². The molecule has 0 fully saturated rings. The zero-order valence-corrected chi connectivity index (χ0v) is 17.1. The van der Waals surface area contributed by atoms with Crippen LogP contribution < -0.4 is 20.9 Å². The largest absolute Gasteiger partial charge is 0.488 e. The van der Waals surface area contributed by atoms with Gasteiger partial charge in [0.2, 0.25) is 0 Å². The lowest BCUT2D eigenvalue weighted by Gasteiger charge is -2.29. The molecule has 1 unspecified atom stereocenters. The summed E-state index contributed by atoms with van der Waals surface area (Å²) in [4.78, 5) is 40.8. The molecule has 0 saturated heterocycles. The van der Waals surface area contributed by atoms with Crippen LogP contribution >= 0.6 is 7.60 Å². The second kappa shape index (κ2) is 11.7. The van der Waals surface area contributed by atoms with E-state index in [0.29, 0.717) is 0 Å². The summed E-state index contributed by atoms with van der Waals surface area (Å²) in [6.07, 6.45) is -5.85. The average molecular weight is 441 g/mol. The van der Waals surface area contributed by atoms with Crippen molar-refractivity contribution in [3.8, 4) is 5.75 Å². The summed E-state index contributed by atoms with van der Waals surface area (Å²) in [5, 5.41) is 31.4. The molecule has 0 bridgehead atoms. The van der Waals surface area contributed by atoms with Crippen LogP contribution in [0.3, 0.4) is 0 Å². The van der Waals surface area contributed by atoms with Gasteiger partial charge in [0.25, 0.3) is 10.9 Å². The first-order valence-electron chi connectivity index (χ1n) is 9.00. The minimum Gasteiger partial charge on any atom is -0.488 e. The highest BCUT2D eigenvalue weighted by molar-refractivity contribution is 7.51. The molecule has 168 valence electrons. The lowest BCUT2D eigenvalue weighted by molar-refractivity contribution is -0.233. The molecule has 0 amide bonds. The van der Waals surface area contributed by atoms with Crippen molar-refractivity contribution in [1.82, 2.24) is 0 Å². The Hall–Kier alpha value is -1.37. The van der Waals surface area contributed by atoms with Crippen molar-refractivity contribution in [2.45, 2.75) is 44.9 Å². The van der Waals surface area contributed by atoms with E-state index in [2.05, 4.69) is 5.32 Å². The van der Waals surface area contributed by atoms with Crippen molar-refractivity contribution in [3.63, 3.8) is 0 Å². The van der Waals surface area contributed by atoms with Gasteiger partial charge in [0.05, 0.1) is 38.2 Å². The van der Waals surface area contributed by atoms with E-state index in [9.17, 15) is 24.4 Å². The third kappa shape index (κ3) is 8.11. The van der Waals surface area contributed by atoms with Crippen LogP contribution in [0.25, 0.3) is 0 Å². The molecular formula is C16H28NO11P. The second-order valence-corrected chi connectivity index (χ2v) is 8.08. The Labute approximate surface area is 166 Å². The van der Waals surface area contributed by atoms with Gasteiger partial charge in [-0.05, 0) is 20.3 Å². The summed E-state index contributed by atoms with van der Waals surface area (Å²) in [5.41, 5.74) is -1.43. The van der Waals surface area contributed by atoms with E-state index in [0.717, 1.165) is 0 Å². The van der Waals surface area contributed by atoms with Crippen LogP contribution in [-0.2, 0) is 14.0 Å². The fourth-order valence-electron chi connectivity index (χ4n) is 2.38. The van der Waals surface area contributed by atoms with Crippen LogP contribution in [0.5, 0.6) is 5.75 Å². The van der Waals surface area contributed by atoms with Crippen LogP contribution in [0, 0.1) is 0 Å². The van der Waals surface area contributed by atoms with Crippen molar-refractivity contribution in [3.05, 3.63) is 20.4 Å². The van der Waals surface area contributed by atoms with Gasteiger partial charge in [-0.25, -0.2) is 0 Å². The van der Waals surface area contributed by atoms with E-state index in [-0.39, 0.29) is 37.6 Å². The first-order valence-corrected chi connectivity index (χ1v) is 10.8. The molecule has 0 heterocycles. The maximum atomic E-state index is 11.5. The van der Waals surface area contributed by atoms with Crippen LogP contribution in [-0.4, -0.2) is 82.2 Å². The van der Waals surface area contributed by atoms with Crippen molar-refractivity contribution < 1.29 is 43.9 Å². The molecular weight excluding hydrogens is 413 g/mol. The maximum Gasteiger partial charge on any atom is 0.325 e. The third-order valence-corrected chi connectivity index (χ3v) is 4.74. The standard InChI is InChI=1S/C16H28NO11P/c1-3-26-15-12(13(21)14(15)22)17-5-6-27-16(10(20)8-18)28-11(9(2)19)4-7-29(23,24)25/h9-11,16-20H,3-8H2,1-2H3,(H2,23,24,25)/t9-,10+,11?,16-/m0/s1. The molecule has 13 heteroatoms.